The van der Waals surface area contributed by atoms with E-state index in [4.69, 9.17) is 4.74 Å². The molecule has 16 heteroatoms. The Labute approximate surface area is 323 Å². The number of nitrogens with zero attached hydrogens (tertiary/aromatic N) is 3. The van der Waals surface area contributed by atoms with Gasteiger partial charge in [-0.25, -0.2) is 4.98 Å². The van der Waals surface area contributed by atoms with Gasteiger partial charge in [-0.3, -0.25) is 33.7 Å². The van der Waals surface area contributed by atoms with E-state index in [2.05, 4.69) is 31.2 Å². The van der Waals surface area contributed by atoms with Crippen LogP contribution in [0.3, 0.4) is 0 Å². The van der Waals surface area contributed by atoms with E-state index in [0.29, 0.717) is 28.3 Å². The molecular formula is C39H48N8O7S. The summed E-state index contributed by atoms with van der Waals surface area (Å²) in [5.41, 5.74) is 1.68. The summed E-state index contributed by atoms with van der Waals surface area (Å²) in [6, 6.07) is 13.1. The van der Waals surface area contributed by atoms with Crippen molar-refractivity contribution >= 4 is 51.8 Å². The Morgan fingerprint density at radius 3 is 2.35 bits per heavy atom. The van der Waals surface area contributed by atoms with E-state index in [0.717, 1.165) is 10.9 Å². The number of methoxy groups -OCH3 is 1. The second-order valence-corrected chi connectivity index (χ2v) is 15.0. The number of hydrogen-bond acceptors (Lipinski definition) is 10. The van der Waals surface area contributed by atoms with Crippen molar-refractivity contribution < 1.29 is 28.7 Å². The lowest BCUT2D eigenvalue weighted by atomic mass is 10.0. The summed E-state index contributed by atoms with van der Waals surface area (Å²) < 4.78 is 5.30. The molecule has 15 nitrogen and oxygen atoms in total. The highest BCUT2D eigenvalue weighted by Crippen LogP contribution is 2.23. The van der Waals surface area contributed by atoms with Crippen LogP contribution in [0.4, 0.5) is 0 Å². The van der Waals surface area contributed by atoms with E-state index in [9.17, 15) is 28.8 Å². The van der Waals surface area contributed by atoms with Crippen molar-refractivity contribution in [2.45, 2.75) is 64.8 Å². The number of H-pyrrole nitrogens is 1. The molecule has 4 atom stereocenters. The molecule has 0 aliphatic carbocycles. The molecule has 0 spiro atoms. The summed E-state index contributed by atoms with van der Waals surface area (Å²) >= 11 is 1.20. The van der Waals surface area contributed by atoms with Gasteiger partial charge in [0.05, 0.1) is 25.2 Å². The molecule has 3 heterocycles. The molecule has 2 aromatic carbocycles. The highest BCUT2D eigenvalue weighted by molar-refractivity contribution is 7.09. The van der Waals surface area contributed by atoms with Crippen molar-refractivity contribution in [1.29, 1.82) is 0 Å². The Kier molecular flexibility index (Phi) is 13.4. The van der Waals surface area contributed by atoms with Gasteiger partial charge < -0.3 is 35.9 Å². The van der Waals surface area contributed by atoms with E-state index in [1.165, 1.54) is 23.2 Å². The van der Waals surface area contributed by atoms with E-state index in [1.54, 1.807) is 63.4 Å². The van der Waals surface area contributed by atoms with Gasteiger partial charge in [-0.2, -0.15) is 0 Å². The van der Waals surface area contributed by atoms with Crippen LogP contribution >= 0.6 is 11.3 Å². The van der Waals surface area contributed by atoms with Crippen molar-refractivity contribution in [3.05, 3.63) is 92.2 Å². The Balaban J connectivity index is 1.48. The number of likely N-dealkylation sites (N-methyl/N-ethyl adjacent to an activating group) is 1. The number of carbonyl (C=O) groups excluding carboxylic acids is 5. The summed E-state index contributed by atoms with van der Waals surface area (Å²) in [6.45, 7) is 6.88. The molecule has 0 fully saturated rings. The number of nitrogens with one attached hydrogen (secondary N) is 5. The zero-order valence-electron chi connectivity index (χ0n) is 31.8. The van der Waals surface area contributed by atoms with Gasteiger partial charge >= 0.3 is 0 Å². The van der Waals surface area contributed by atoms with Gasteiger partial charge in [-0.1, -0.05) is 44.2 Å². The normalized spacial score (nSPS) is 21.4. The summed E-state index contributed by atoms with van der Waals surface area (Å²) in [5.74, 6) is -2.24. The van der Waals surface area contributed by atoms with Gasteiger partial charge in [-0.05, 0) is 55.3 Å². The Bertz CT molecular complexity index is 2080. The average Bonchev–Trinajstić information content (AvgIpc) is 3.66. The molecule has 2 aromatic heterocycles. The lowest BCUT2D eigenvalue weighted by Crippen LogP contribution is -2.57. The van der Waals surface area contributed by atoms with Crippen LogP contribution in [0, 0.1) is 5.92 Å². The summed E-state index contributed by atoms with van der Waals surface area (Å²) in [6.07, 6.45) is 0.376. The predicted molar refractivity (Wildman–Crippen MR) is 208 cm³/mol. The van der Waals surface area contributed by atoms with Crippen LogP contribution in [0.1, 0.15) is 60.4 Å². The number of amides is 5. The van der Waals surface area contributed by atoms with Gasteiger partial charge in [-0.15, -0.1) is 11.3 Å². The van der Waals surface area contributed by atoms with Crippen LogP contribution in [0.2, 0.25) is 0 Å². The molecule has 55 heavy (non-hydrogen) atoms. The Morgan fingerprint density at radius 1 is 0.891 bits per heavy atom. The summed E-state index contributed by atoms with van der Waals surface area (Å²) in [5, 5.41) is 14.0. The van der Waals surface area contributed by atoms with Gasteiger partial charge in [0.25, 0.3) is 11.5 Å². The quantitative estimate of drug-likeness (QED) is 0.195. The molecule has 2 bridgehead atoms. The monoisotopic (exact) mass is 772 g/mol. The molecule has 1 aliphatic heterocycles. The topological polar surface area (TPSA) is 195 Å². The van der Waals surface area contributed by atoms with Crippen LogP contribution < -0.4 is 31.6 Å². The highest BCUT2D eigenvalue weighted by atomic mass is 32.1. The summed E-state index contributed by atoms with van der Waals surface area (Å²) in [7, 11) is 3.14. The molecule has 292 valence electrons. The molecule has 0 saturated carbocycles. The van der Waals surface area contributed by atoms with Gasteiger partial charge in [0.1, 0.15) is 34.6 Å². The number of pyridine rings is 1. The minimum atomic E-state index is -1.02. The number of thiazole rings is 1. The van der Waals surface area contributed by atoms with Crippen LogP contribution in [-0.2, 0) is 32.1 Å². The lowest BCUT2D eigenvalue weighted by molar-refractivity contribution is -0.136. The number of hydrogen-bond donors (Lipinski definition) is 5. The van der Waals surface area contributed by atoms with E-state index < -0.39 is 47.8 Å². The summed E-state index contributed by atoms with van der Waals surface area (Å²) in [4.78, 5) is 91.3. The van der Waals surface area contributed by atoms with Crippen LogP contribution in [0.15, 0.2) is 64.8 Å². The Hall–Kier alpha value is -5.61. The zero-order valence-corrected chi connectivity index (χ0v) is 32.6. The third-order valence-electron chi connectivity index (χ3n) is 9.41. The number of fused-ring (bicyclic) bond motifs is 3. The third-order valence-corrected chi connectivity index (χ3v) is 10.4. The van der Waals surface area contributed by atoms with Crippen molar-refractivity contribution in [2.24, 2.45) is 5.92 Å². The number of rotatable bonds is 6. The first kappa shape index (κ1) is 40.6. The molecule has 1 aliphatic rings. The Morgan fingerprint density at radius 2 is 1.64 bits per heavy atom. The van der Waals surface area contributed by atoms with Crippen molar-refractivity contribution in [3.63, 3.8) is 0 Å². The first-order valence-corrected chi connectivity index (χ1v) is 19.0. The molecule has 0 saturated heterocycles. The minimum absolute atomic E-state index is 0.0705. The molecule has 5 amide bonds. The van der Waals surface area contributed by atoms with Crippen molar-refractivity contribution in [1.82, 2.24) is 41.0 Å². The molecule has 5 N–H and O–H groups in total. The first-order chi connectivity index (χ1) is 26.2. The van der Waals surface area contributed by atoms with Crippen molar-refractivity contribution in [3.8, 4) is 5.75 Å². The van der Waals surface area contributed by atoms with Crippen LogP contribution in [-0.4, -0.2) is 101 Å². The van der Waals surface area contributed by atoms with Gasteiger partial charge in [0.15, 0.2) is 0 Å². The standard InChI is InChI=1S/C39H48N8O7S/c1-22(2)33-37(52)41-24(4)39(53)46(5)14-15-47(19-27-17-26-12-13-28(54-6)18-29(26)43-35(27)50)20-32(48)42-30(16-25-10-8-7-9-11-25)38-44-31(21-55-38)36(51)40-23(3)34(49)45-33/h7-13,17-18,21-24,30,33H,14-16,19-20H2,1-6H3,(H,40,51)(H,41,52)(H,42,48)(H,43,50)(H,45,49)/t23-,24+,30-,33-/m0/s1. The second kappa shape index (κ2) is 18.1. The lowest BCUT2D eigenvalue weighted by Gasteiger charge is -2.29. The maximum atomic E-state index is 13.9. The third kappa shape index (κ3) is 10.5. The minimum Gasteiger partial charge on any atom is -0.497 e. The van der Waals surface area contributed by atoms with Crippen molar-refractivity contribution in [2.75, 3.05) is 33.8 Å². The zero-order chi connectivity index (χ0) is 39.8. The number of benzene rings is 2. The fourth-order valence-electron chi connectivity index (χ4n) is 6.22. The smallest absolute Gasteiger partial charge is 0.271 e. The second-order valence-electron chi connectivity index (χ2n) is 14.1. The van der Waals surface area contributed by atoms with E-state index in [-0.39, 0.29) is 49.3 Å². The first-order valence-electron chi connectivity index (χ1n) is 18.1. The molecule has 0 unspecified atom stereocenters. The van der Waals surface area contributed by atoms with E-state index >= 15 is 0 Å². The molecule has 5 rings (SSSR count). The maximum absolute atomic E-state index is 13.9. The number of aromatic nitrogens is 2. The van der Waals surface area contributed by atoms with Gasteiger partial charge in [0.2, 0.25) is 23.6 Å². The van der Waals surface area contributed by atoms with Gasteiger partial charge in [0, 0.05) is 43.7 Å². The predicted octanol–water partition coefficient (Wildman–Crippen LogP) is 2.13. The maximum Gasteiger partial charge on any atom is 0.271 e. The number of carbonyl (C=O) groups is 5. The fraction of sp³-hybridized carbons (Fsp3) is 0.410. The average molecular weight is 773 g/mol. The van der Waals surface area contributed by atoms with E-state index in [1.807, 2.05) is 36.4 Å². The number of aromatic amines is 1. The van der Waals surface area contributed by atoms with Crippen LogP contribution in [0.25, 0.3) is 10.9 Å². The highest BCUT2D eigenvalue weighted by Gasteiger charge is 2.31. The molecule has 0 radical (unpaired) electrons. The fourth-order valence-corrected chi connectivity index (χ4v) is 7.07. The molecule has 4 aromatic rings. The van der Waals surface area contributed by atoms with Crippen LogP contribution in [0.5, 0.6) is 5.75 Å². The molecular weight excluding hydrogens is 725 g/mol. The SMILES string of the molecule is COc1ccc2cc(CN3CCN(C)C(=O)[C@@H](C)NC(=O)[C@H](C(C)C)NC(=O)[C@H](C)NC(=O)c4csc(n4)[C@H](Cc4ccccc4)NC(=O)C3)c(=O)[nH]c2c1. The largest absolute Gasteiger partial charge is 0.497 e. The number of ether oxygens (including phenoxy) is 1.